The van der Waals surface area contributed by atoms with Crippen LogP contribution in [0.5, 0.6) is 11.5 Å². The molecule has 3 N–H and O–H groups in total. The number of nitrogens with zero attached hydrogens (tertiary/aromatic N) is 3. The Morgan fingerprint density at radius 3 is 2.67 bits per heavy atom. The van der Waals surface area contributed by atoms with E-state index in [2.05, 4.69) is 15.3 Å². The molecule has 0 saturated carbocycles. The summed E-state index contributed by atoms with van der Waals surface area (Å²) in [7, 11) is 1.76. The Morgan fingerprint density at radius 1 is 1.12 bits per heavy atom. The summed E-state index contributed by atoms with van der Waals surface area (Å²) in [6.07, 6.45) is -2.76. The summed E-state index contributed by atoms with van der Waals surface area (Å²) in [5.74, 6) is 1.26. The molecule has 0 radical (unpaired) electrons. The van der Waals surface area contributed by atoms with E-state index in [0.29, 0.717) is 28.7 Å². The van der Waals surface area contributed by atoms with Gasteiger partial charge in [-0.3, -0.25) is 9.78 Å². The Kier molecular flexibility index (Phi) is 6.01. The summed E-state index contributed by atoms with van der Waals surface area (Å²) in [5, 5.41) is 2.94. The zero-order chi connectivity index (χ0) is 23.6. The van der Waals surface area contributed by atoms with Gasteiger partial charge in [-0.15, -0.1) is 0 Å². The van der Waals surface area contributed by atoms with Crippen LogP contribution in [0.25, 0.3) is 11.0 Å². The molecule has 0 amide bonds. The molecule has 170 valence electrons. The molecule has 0 atom stereocenters. The van der Waals surface area contributed by atoms with E-state index in [0.717, 1.165) is 17.6 Å². The van der Waals surface area contributed by atoms with Crippen LogP contribution in [0.15, 0.2) is 60.8 Å². The molecule has 0 aliphatic rings. The van der Waals surface area contributed by atoms with Crippen LogP contribution in [0.3, 0.4) is 0 Å². The summed E-state index contributed by atoms with van der Waals surface area (Å²) in [6, 6.07) is 13.5. The molecular weight excluding hydrogens is 435 g/mol. The standard InChI is InChI=1S/C23H20F3N5O2/c1-31-21-6-5-18(33-19-7-8-28-16(11-19)10-17(32)13-27)12-20(21)30-22(31)29-15-4-2-3-14(9-15)23(24,25)26/h2-9,11-12H,10,13,27H2,1H3,(H,29,30). The van der Waals surface area contributed by atoms with Gasteiger partial charge in [-0.1, -0.05) is 6.07 Å². The Morgan fingerprint density at radius 2 is 1.91 bits per heavy atom. The van der Waals surface area contributed by atoms with Crippen molar-refractivity contribution in [2.45, 2.75) is 12.6 Å². The maximum absolute atomic E-state index is 13.0. The van der Waals surface area contributed by atoms with Crippen molar-refractivity contribution in [2.24, 2.45) is 12.8 Å². The van der Waals surface area contributed by atoms with Gasteiger partial charge < -0.3 is 20.4 Å². The van der Waals surface area contributed by atoms with E-state index in [-0.39, 0.29) is 24.4 Å². The Balaban J connectivity index is 1.56. The maximum Gasteiger partial charge on any atom is 0.416 e. The molecule has 7 nitrogen and oxygen atoms in total. The minimum atomic E-state index is -4.43. The van der Waals surface area contributed by atoms with Crippen molar-refractivity contribution < 1.29 is 22.7 Å². The number of ether oxygens (including phenoxy) is 1. The number of nitrogens with two attached hydrogens (primary N) is 1. The normalized spacial score (nSPS) is 11.5. The Hall–Kier alpha value is -3.92. The third kappa shape index (κ3) is 5.12. The second-order valence-corrected chi connectivity index (χ2v) is 7.35. The third-order valence-corrected chi connectivity index (χ3v) is 4.93. The first-order valence-corrected chi connectivity index (χ1v) is 9.98. The number of imidazole rings is 1. The van der Waals surface area contributed by atoms with Gasteiger partial charge in [-0.25, -0.2) is 4.98 Å². The number of rotatable bonds is 7. The fourth-order valence-electron chi connectivity index (χ4n) is 3.28. The number of hydrogen-bond donors (Lipinski definition) is 2. The van der Waals surface area contributed by atoms with Gasteiger partial charge in [0.2, 0.25) is 5.95 Å². The number of ketones is 1. The van der Waals surface area contributed by atoms with Crippen LogP contribution in [0.1, 0.15) is 11.3 Å². The second-order valence-electron chi connectivity index (χ2n) is 7.35. The van der Waals surface area contributed by atoms with Crippen LogP contribution < -0.4 is 15.8 Å². The first-order chi connectivity index (χ1) is 15.7. The number of anilines is 2. The van der Waals surface area contributed by atoms with Crippen molar-refractivity contribution in [3.63, 3.8) is 0 Å². The van der Waals surface area contributed by atoms with E-state index in [4.69, 9.17) is 10.5 Å². The van der Waals surface area contributed by atoms with Crippen LogP contribution in [-0.2, 0) is 24.4 Å². The number of pyridine rings is 1. The van der Waals surface area contributed by atoms with Gasteiger partial charge in [0.1, 0.15) is 11.5 Å². The number of Topliss-reactive ketones (excluding diaryl/α,β-unsaturated/α-hetero) is 1. The molecular formula is C23H20F3N5O2. The van der Waals surface area contributed by atoms with E-state index in [1.807, 2.05) is 0 Å². The Labute approximate surface area is 187 Å². The smallest absolute Gasteiger partial charge is 0.416 e. The summed E-state index contributed by atoms with van der Waals surface area (Å²) < 4.78 is 46.6. The predicted octanol–water partition coefficient (Wildman–Crippen LogP) is 4.59. The summed E-state index contributed by atoms with van der Waals surface area (Å²) >= 11 is 0. The molecule has 10 heteroatoms. The largest absolute Gasteiger partial charge is 0.457 e. The zero-order valence-electron chi connectivity index (χ0n) is 17.6. The van der Waals surface area contributed by atoms with Gasteiger partial charge in [-0.05, 0) is 36.4 Å². The molecule has 4 rings (SSSR count). The van der Waals surface area contributed by atoms with E-state index in [9.17, 15) is 18.0 Å². The first-order valence-electron chi connectivity index (χ1n) is 9.98. The lowest BCUT2D eigenvalue weighted by atomic mass is 10.2. The number of fused-ring (bicyclic) bond motifs is 1. The molecule has 2 aromatic carbocycles. The molecule has 0 aliphatic carbocycles. The van der Waals surface area contributed by atoms with E-state index in [1.165, 1.54) is 6.07 Å². The summed E-state index contributed by atoms with van der Waals surface area (Å²) in [6.45, 7) is -0.0556. The van der Waals surface area contributed by atoms with Crippen LogP contribution in [0.2, 0.25) is 0 Å². The Bertz CT molecular complexity index is 1320. The summed E-state index contributed by atoms with van der Waals surface area (Å²) in [5.41, 5.74) is 6.79. The first kappa shape index (κ1) is 22.3. The molecule has 0 saturated heterocycles. The molecule has 0 fully saturated rings. The van der Waals surface area contributed by atoms with Crippen LogP contribution in [0, 0.1) is 0 Å². The van der Waals surface area contributed by atoms with Crippen molar-refractivity contribution in [1.29, 1.82) is 0 Å². The molecule has 0 spiro atoms. The molecule has 4 aromatic rings. The average molecular weight is 455 g/mol. The fourth-order valence-corrected chi connectivity index (χ4v) is 3.28. The molecule has 0 aliphatic heterocycles. The molecule has 0 bridgehead atoms. The number of carbonyl (C=O) groups excluding carboxylic acids is 1. The maximum atomic E-state index is 13.0. The lowest BCUT2D eigenvalue weighted by molar-refractivity contribution is -0.137. The van der Waals surface area contributed by atoms with Gasteiger partial charge >= 0.3 is 6.18 Å². The fraction of sp³-hybridized carbons (Fsp3) is 0.174. The van der Waals surface area contributed by atoms with E-state index >= 15 is 0 Å². The van der Waals surface area contributed by atoms with Gasteiger partial charge in [-0.2, -0.15) is 13.2 Å². The summed E-state index contributed by atoms with van der Waals surface area (Å²) in [4.78, 5) is 20.2. The number of aromatic nitrogens is 3. The quantitative estimate of drug-likeness (QED) is 0.423. The van der Waals surface area contributed by atoms with Gasteiger partial charge in [0, 0.05) is 31.1 Å². The predicted molar refractivity (Wildman–Crippen MR) is 118 cm³/mol. The average Bonchev–Trinajstić information content (AvgIpc) is 3.08. The number of hydrogen-bond acceptors (Lipinski definition) is 6. The molecule has 2 heterocycles. The number of benzene rings is 2. The topological polar surface area (TPSA) is 95.1 Å². The van der Waals surface area contributed by atoms with Crippen molar-refractivity contribution in [3.05, 3.63) is 72.1 Å². The zero-order valence-corrected chi connectivity index (χ0v) is 17.6. The minimum Gasteiger partial charge on any atom is -0.457 e. The van der Waals surface area contributed by atoms with Crippen molar-refractivity contribution in [1.82, 2.24) is 14.5 Å². The highest BCUT2D eigenvalue weighted by atomic mass is 19.4. The number of alkyl halides is 3. The van der Waals surface area contributed by atoms with Crippen molar-refractivity contribution in [3.8, 4) is 11.5 Å². The molecule has 2 aromatic heterocycles. The van der Waals surface area contributed by atoms with Gasteiger partial charge in [0.25, 0.3) is 0 Å². The van der Waals surface area contributed by atoms with Crippen LogP contribution in [-0.4, -0.2) is 26.9 Å². The highest BCUT2D eigenvalue weighted by molar-refractivity contribution is 5.82. The lowest BCUT2D eigenvalue weighted by Crippen LogP contribution is -2.16. The third-order valence-electron chi connectivity index (χ3n) is 4.93. The molecule has 0 unspecified atom stereocenters. The number of nitrogens with one attached hydrogen (secondary N) is 1. The number of aryl methyl sites for hydroxylation is 1. The van der Waals surface area contributed by atoms with Crippen molar-refractivity contribution >= 4 is 28.5 Å². The van der Waals surface area contributed by atoms with E-state index < -0.39 is 11.7 Å². The second kappa shape index (κ2) is 8.91. The lowest BCUT2D eigenvalue weighted by Gasteiger charge is -2.10. The van der Waals surface area contributed by atoms with E-state index in [1.54, 1.807) is 54.2 Å². The minimum absolute atomic E-state index is 0.0556. The monoisotopic (exact) mass is 455 g/mol. The van der Waals surface area contributed by atoms with Gasteiger partial charge in [0.15, 0.2) is 5.78 Å². The van der Waals surface area contributed by atoms with Gasteiger partial charge in [0.05, 0.1) is 35.3 Å². The number of halogens is 3. The van der Waals surface area contributed by atoms with Crippen molar-refractivity contribution in [2.75, 3.05) is 11.9 Å². The number of carbonyl (C=O) groups is 1. The van der Waals surface area contributed by atoms with Crippen LogP contribution >= 0.6 is 0 Å². The highest BCUT2D eigenvalue weighted by Gasteiger charge is 2.30. The molecule has 33 heavy (non-hydrogen) atoms. The van der Waals surface area contributed by atoms with Crippen LogP contribution in [0.4, 0.5) is 24.8 Å². The highest BCUT2D eigenvalue weighted by Crippen LogP contribution is 2.32. The SMILES string of the molecule is Cn1c(Nc2cccc(C(F)(F)F)c2)nc2cc(Oc3ccnc(CC(=O)CN)c3)ccc21.